The number of unbranched alkanes of at least 4 members (excludes halogenated alkanes) is 2. The lowest BCUT2D eigenvalue weighted by molar-refractivity contribution is 0.0511. The third-order valence-corrected chi connectivity index (χ3v) is 4.25. The Balaban J connectivity index is 2.49. The van der Waals surface area contributed by atoms with Crippen LogP contribution in [0.2, 0.25) is 0 Å². The second kappa shape index (κ2) is 11.3. The van der Waals surface area contributed by atoms with Crippen LogP contribution in [0.5, 0.6) is 17.2 Å². The van der Waals surface area contributed by atoms with Gasteiger partial charge in [-0.15, -0.1) is 0 Å². The fourth-order valence-corrected chi connectivity index (χ4v) is 2.69. The van der Waals surface area contributed by atoms with E-state index >= 15 is 0 Å². The molecule has 0 amide bonds. The van der Waals surface area contributed by atoms with Crippen LogP contribution in [0, 0.1) is 0 Å². The van der Waals surface area contributed by atoms with Gasteiger partial charge in [0.25, 0.3) is 0 Å². The molecule has 0 N–H and O–H groups in total. The van der Waals surface area contributed by atoms with Crippen LogP contribution < -0.4 is 14.2 Å². The highest BCUT2D eigenvalue weighted by molar-refractivity contribution is 5.93. The molecule has 2 rings (SSSR count). The van der Waals surface area contributed by atoms with Gasteiger partial charge in [0.1, 0.15) is 5.75 Å². The standard InChI is InChI=1S/C22H31NO5/c1-5-8-14-27-19-16-23(17-10-12-18(25-4)13-11-17)20(22(24)26-7-3)21(19)28-15-9-6-2/h10-13,16H,5-9,14-15H2,1-4H3. The van der Waals surface area contributed by atoms with E-state index < -0.39 is 5.97 Å². The first-order valence-corrected chi connectivity index (χ1v) is 9.98. The zero-order chi connectivity index (χ0) is 20.4. The van der Waals surface area contributed by atoms with Gasteiger partial charge in [0.15, 0.2) is 17.2 Å². The Morgan fingerprint density at radius 1 is 0.964 bits per heavy atom. The minimum absolute atomic E-state index is 0.285. The molecule has 0 unspecified atom stereocenters. The number of methoxy groups -OCH3 is 1. The zero-order valence-corrected chi connectivity index (χ0v) is 17.3. The number of benzene rings is 1. The lowest BCUT2D eigenvalue weighted by atomic mass is 10.3. The van der Waals surface area contributed by atoms with Crippen molar-refractivity contribution in [3.8, 4) is 22.9 Å². The Bertz CT molecular complexity index is 736. The van der Waals surface area contributed by atoms with E-state index in [0.29, 0.717) is 30.4 Å². The van der Waals surface area contributed by atoms with Gasteiger partial charge in [-0.05, 0) is 44.0 Å². The second-order valence-electron chi connectivity index (χ2n) is 6.36. The van der Waals surface area contributed by atoms with Crippen molar-refractivity contribution in [2.75, 3.05) is 26.9 Å². The maximum Gasteiger partial charge on any atom is 0.359 e. The molecule has 0 aliphatic rings. The normalized spacial score (nSPS) is 10.6. The van der Waals surface area contributed by atoms with Crippen LogP contribution in [0.15, 0.2) is 30.5 Å². The first-order valence-electron chi connectivity index (χ1n) is 9.98. The number of carbonyl (C=O) groups is 1. The molecular formula is C22H31NO5. The van der Waals surface area contributed by atoms with Crippen molar-refractivity contribution in [2.24, 2.45) is 0 Å². The van der Waals surface area contributed by atoms with Crippen molar-refractivity contribution in [3.63, 3.8) is 0 Å². The third-order valence-electron chi connectivity index (χ3n) is 4.25. The average molecular weight is 389 g/mol. The molecule has 0 saturated carbocycles. The summed E-state index contributed by atoms with van der Waals surface area (Å²) in [6.45, 7) is 7.35. The summed E-state index contributed by atoms with van der Waals surface area (Å²) in [4.78, 5) is 12.8. The first-order chi connectivity index (χ1) is 13.7. The van der Waals surface area contributed by atoms with Gasteiger partial charge in [0, 0.05) is 5.69 Å². The molecule has 2 aromatic rings. The summed E-state index contributed by atoms with van der Waals surface area (Å²) in [5.41, 5.74) is 1.14. The van der Waals surface area contributed by atoms with E-state index in [4.69, 9.17) is 18.9 Å². The van der Waals surface area contributed by atoms with E-state index in [1.54, 1.807) is 24.8 Å². The van der Waals surface area contributed by atoms with Gasteiger partial charge < -0.3 is 23.5 Å². The first kappa shape index (κ1) is 21.7. The van der Waals surface area contributed by atoms with Gasteiger partial charge in [-0.3, -0.25) is 0 Å². The maximum atomic E-state index is 12.8. The maximum absolute atomic E-state index is 12.8. The topological polar surface area (TPSA) is 58.9 Å². The predicted molar refractivity (Wildman–Crippen MR) is 109 cm³/mol. The number of aromatic nitrogens is 1. The Morgan fingerprint density at radius 2 is 1.61 bits per heavy atom. The molecule has 0 saturated heterocycles. The molecule has 28 heavy (non-hydrogen) atoms. The van der Waals surface area contributed by atoms with E-state index in [0.717, 1.165) is 37.1 Å². The second-order valence-corrected chi connectivity index (χ2v) is 6.36. The highest BCUT2D eigenvalue weighted by Crippen LogP contribution is 2.37. The van der Waals surface area contributed by atoms with Crippen LogP contribution in [0.25, 0.3) is 5.69 Å². The van der Waals surface area contributed by atoms with E-state index in [-0.39, 0.29) is 6.61 Å². The molecular weight excluding hydrogens is 358 g/mol. The Kier molecular flexibility index (Phi) is 8.72. The average Bonchev–Trinajstić information content (AvgIpc) is 3.07. The van der Waals surface area contributed by atoms with Crippen LogP contribution in [-0.4, -0.2) is 37.5 Å². The molecule has 0 fully saturated rings. The molecule has 0 aliphatic carbocycles. The number of rotatable bonds is 12. The summed E-state index contributed by atoms with van der Waals surface area (Å²) in [5, 5.41) is 0. The minimum atomic E-state index is -0.435. The summed E-state index contributed by atoms with van der Waals surface area (Å²) in [7, 11) is 1.62. The lowest BCUT2D eigenvalue weighted by Crippen LogP contribution is -2.13. The van der Waals surface area contributed by atoms with Gasteiger partial charge in [-0.25, -0.2) is 4.79 Å². The molecule has 154 valence electrons. The molecule has 1 aromatic heterocycles. The van der Waals surface area contributed by atoms with Gasteiger partial charge in [0.2, 0.25) is 0 Å². The summed E-state index contributed by atoms with van der Waals surface area (Å²) in [5.74, 6) is 1.31. The third kappa shape index (κ3) is 5.44. The van der Waals surface area contributed by atoms with Crippen molar-refractivity contribution in [1.82, 2.24) is 4.57 Å². The number of nitrogens with zero attached hydrogens (tertiary/aromatic N) is 1. The van der Waals surface area contributed by atoms with Crippen molar-refractivity contribution < 1.29 is 23.7 Å². The molecule has 1 aromatic carbocycles. The summed E-state index contributed by atoms with van der Waals surface area (Å²) in [6.07, 6.45) is 5.64. The number of ether oxygens (including phenoxy) is 4. The van der Waals surface area contributed by atoms with E-state index in [2.05, 4.69) is 13.8 Å². The number of esters is 1. The van der Waals surface area contributed by atoms with Crippen molar-refractivity contribution in [3.05, 3.63) is 36.2 Å². The summed E-state index contributed by atoms with van der Waals surface area (Å²) < 4.78 is 24.2. The van der Waals surface area contributed by atoms with Crippen LogP contribution in [0.1, 0.15) is 56.9 Å². The number of carbonyl (C=O) groups excluding carboxylic acids is 1. The number of hydrogen-bond acceptors (Lipinski definition) is 5. The van der Waals surface area contributed by atoms with Crippen molar-refractivity contribution >= 4 is 5.97 Å². The highest BCUT2D eigenvalue weighted by atomic mass is 16.5. The van der Waals surface area contributed by atoms with Crippen LogP contribution >= 0.6 is 0 Å². The zero-order valence-electron chi connectivity index (χ0n) is 17.3. The van der Waals surface area contributed by atoms with E-state index in [9.17, 15) is 4.79 Å². The number of hydrogen-bond donors (Lipinski definition) is 0. The monoisotopic (exact) mass is 389 g/mol. The summed E-state index contributed by atoms with van der Waals surface area (Å²) >= 11 is 0. The SMILES string of the molecule is CCCCOc1cn(-c2ccc(OC)cc2)c(C(=O)OCC)c1OCCCC. The molecule has 0 radical (unpaired) electrons. The molecule has 6 heteroatoms. The Labute approximate surface area is 167 Å². The molecule has 0 atom stereocenters. The van der Waals surface area contributed by atoms with Gasteiger partial charge >= 0.3 is 5.97 Å². The van der Waals surface area contributed by atoms with Crippen LogP contribution in [-0.2, 0) is 4.74 Å². The molecule has 6 nitrogen and oxygen atoms in total. The Hall–Kier alpha value is -2.63. The van der Waals surface area contributed by atoms with Crippen molar-refractivity contribution in [1.29, 1.82) is 0 Å². The molecule has 0 bridgehead atoms. The molecule has 0 aliphatic heterocycles. The quantitative estimate of drug-likeness (QED) is 0.377. The van der Waals surface area contributed by atoms with Crippen LogP contribution in [0.3, 0.4) is 0 Å². The van der Waals surface area contributed by atoms with Gasteiger partial charge in [0.05, 0.1) is 33.1 Å². The van der Waals surface area contributed by atoms with Crippen molar-refractivity contribution in [2.45, 2.75) is 46.5 Å². The van der Waals surface area contributed by atoms with Gasteiger partial charge in [-0.2, -0.15) is 0 Å². The largest absolute Gasteiger partial charge is 0.497 e. The lowest BCUT2D eigenvalue weighted by Gasteiger charge is -2.12. The van der Waals surface area contributed by atoms with E-state index in [1.165, 1.54) is 0 Å². The summed E-state index contributed by atoms with van der Waals surface area (Å²) in [6, 6.07) is 7.46. The minimum Gasteiger partial charge on any atom is -0.497 e. The molecule has 1 heterocycles. The fourth-order valence-electron chi connectivity index (χ4n) is 2.69. The smallest absolute Gasteiger partial charge is 0.359 e. The predicted octanol–water partition coefficient (Wildman–Crippen LogP) is 5.02. The fraction of sp³-hybridized carbons (Fsp3) is 0.500. The molecule has 0 spiro atoms. The Morgan fingerprint density at radius 3 is 2.18 bits per heavy atom. The van der Waals surface area contributed by atoms with E-state index in [1.807, 2.05) is 24.3 Å². The van der Waals surface area contributed by atoms with Gasteiger partial charge in [-0.1, -0.05) is 26.7 Å². The van der Waals surface area contributed by atoms with Crippen LogP contribution in [0.4, 0.5) is 0 Å². The highest BCUT2D eigenvalue weighted by Gasteiger charge is 2.26.